The SMILES string of the molecule is CC(C)CC(O)CNC(=O)CCOCC(F)(F)F. The first kappa shape index (κ1) is 17.2. The van der Waals surface area contributed by atoms with Gasteiger partial charge in [0.15, 0.2) is 0 Å². The van der Waals surface area contributed by atoms with Crippen molar-refractivity contribution in [2.75, 3.05) is 19.8 Å². The Balaban J connectivity index is 3.54. The summed E-state index contributed by atoms with van der Waals surface area (Å²) >= 11 is 0. The van der Waals surface area contributed by atoms with E-state index in [-0.39, 0.29) is 19.6 Å². The predicted molar refractivity (Wildman–Crippen MR) is 60.0 cm³/mol. The summed E-state index contributed by atoms with van der Waals surface area (Å²) in [6.07, 6.45) is -4.59. The molecule has 0 saturated carbocycles. The molecule has 2 N–H and O–H groups in total. The van der Waals surface area contributed by atoms with E-state index in [2.05, 4.69) is 10.1 Å². The fourth-order valence-corrected chi connectivity index (χ4v) is 1.30. The Bertz CT molecular complexity index is 244. The number of amides is 1. The van der Waals surface area contributed by atoms with Crippen molar-refractivity contribution in [2.24, 2.45) is 5.92 Å². The van der Waals surface area contributed by atoms with Gasteiger partial charge in [0.2, 0.25) is 5.91 Å². The third-order valence-corrected chi connectivity index (χ3v) is 2.02. The molecule has 0 aliphatic carbocycles. The van der Waals surface area contributed by atoms with E-state index < -0.39 is 24.8 Å². The molecule has 108 valence electrons. The second-order valence-electron chi connectivity index (χ2n) is 4.51. The van der Waals surface area contributed by atoms with Crippen LogP contribution in [0.2, 0.25) is 0 Å². The lowest BCUT2D eigenvalue weighted by atomic mass is 10.1. The zero-order valence-electron chi connectivity index (χ0n) is 10.6. The van der Waals surface area contributed by atoms with Crippen molar-refractivity contribution in [1.82, 2.24) is 5.32 Å². The van der Waals surface area contributed by atoms with Crippen molar-refractivity contribution in [3.05, 3.63) is 0 Å². The number of aliphatic hydroxyl groups is 1. The molecule has 7 heteroatoms. The minimum Gasteiger partial charge on any atom is -0.391 e. The minimum atomic E-state index is -4.37. The van der Waals surface area contributed by atoms with E-state index in [4.69, 9.17) is 0 Å². The number of alkyl halides is 3. The van der Waals surface area contributed by atoms with Crippen LogP contribution >= 0.6 is 0 Å². The van der Waals surface area contributed by atoms with Gasteiger partial charge in [-0.2, -0.15) is 13.2 Å². The maximum absolute atomic E-state index is 11.7. The van der Waals surface area contributed by atoms with Gasteiger partial charge in [-0.05, 0) is 12.3 Å². The molecule has 0 heterocycles. The number of halogens is 3. The number of nitrogens with one attached hydrogen (secondary N) is 1. The summed E-state index contributed by atoms with van der Waals surface area (Å²) in [5.41, 5.74) is 0. The van der Waals surface area contributed by atoms with Crippen LogP contribution in [-0.4, -0.2) is 43.1 Å². The summed E-state index contributed by atoms with van der Waals surface area (Å²) in [7, 11) is 0. The first-order chi connectivity index (χ1) is 8.20. The van der Waals surface area contributed by atoms with E-state index in [9.17, 15) is 23.1 Å². The molecule has 0 aromatic heterocycles. The Labute approximate surface area is 105 Å². The smallest absolute Gasteiger partial charge is 0.391 e. The van der Waals surface area contributed by atoms with Crippen LogP contribution in [0, 0.1) is 5.92 Å². The molecule has 0 rings (SSSR count). The van der Waals surface area contributed by atoms with Gasteiger partial charge in [0.1, 0.15) is 6.61 Å². The largest absolute Gasteiger partial charge is 0.411 e. The highest BCUT2D eigenvalue weighted by atomic mass is 19.4. The lowest BCUT2D eigenvalue weighted by molar-refractivity contribution is -0.174. The molecule has 0 bridgehead atoms. The zero-order valence-corrected chi connectivity index (χ0v) is 10.6. The molecule has 0 aromatic carbocycles. The van der Waals surface area contributed by atoms with E-state index in [0.29, 0.717) is 12.3 Å². The third-order valence-electron chi connectivity index (χ3n) is 2.02. The molecule has 0 aliphatic rings. The summed E-state index contributed by atoms with van der Waals surface area (Å²) < 4.78 is 39.4. The Morgan fingerprint density at radius 2 is 2.00 bits per heavy atom. The Morgan fingerprint density at radius 3 is 2.50 bits per heavy atom. The second kappa shape index (κ2) is 8.31. The minimum absolute atomic E-state index is 0.107. The molecular formula is C11H20F3NO3. The highest BCUT2D eigenvalue weighted by Crippen LogP contribution is 2.14. The van der Waals surface area contributed by atoms with Crippen LogP contribution in [0.15, 0.2) is 0 Å². The quantitative estimate of drug-likeness (QED) is 0.657. The van der Waals surface area contributed by atoms with Gasteiger partial charge in [0, 0.05) is 13.0 Å². The summed E-state index contributed by atoms with van der Waals surface area (Å²) in [6.45, 7) is 2.35. The maximum atomic E-state index is 11.7. The average Bonchev–Trinajstić information content (AvgIpc) is 2.19. The van der Waals surface area contributed by atoms with E-state index in [1.54, 1.807) is 0 Å². The third kappa shape index (κ3) is 11.7. The molecule has 4 nitrogen and oxygen atoms in total. The van der Waals surface area contributed by atoms with Crippen molar-refractivity contribution in [2.45, 2.75) is 39.0 Å². The van der Waals surface area contributed by atoms with Gasteiger partial charge in [0.25, 0.3) is 0 Å². The normalized spacial score (nSPS) is 13.7. The molecule has 0 spiro atoms. The number of carbonyl (C=O) groups is 1. The van der Waals surface area contributed by atoms with E-state index in [0.717, 1.165) is 0 Å². The average molecular weight is 271 g/mol. The van der Waals surface area contributed by atoms with E-state index in [1.807, 2.05) is 13.8 Å². The van der Waals surface area contributed by atoms with Gasteiger partial charge in [-0.3, -0.25) is 4.79 Å². The van der Waals surface area contributed by atoms with E-state index in [1.165, 1.54) is 0 Å². The van der Waals surface area contributed by atoms with Crippen molar-refractivity contribution in [3.8, 4) is 0 Å². The molecule has 0 radical (unpaired) electrons. The summed E-state index contributed by atoms with van der Waals surface area (Å²) in [5, 5.41) is 11.9. The Hall–Kier alpha value is -0.820. The first-order valence-electron chi connectivity index (χ1n) is 5.80. The van der Waals surface area contributed by atoms with Crippen LogP contribution in [0.25, 0.3) is 0 Å². The zero-order chi connectivity index (χ0) is 14.2. The monoisotopic (exact) mass is 271 g/mol. The molecule has 18 heavy (non-hydrogen) atoms. The van der Waals surface area contributed by atoms with Gasteiger partial charge in [-0.1, -0.05) is 13.8 Å². The van der Waals surface area contributed by atoms with Gasteiger partial charge < -0.3 is 15.2 Å². The summed E-state index contributed by atoms with van der Waals surface area (Å²) in [4.78, 5) is 11.2. The number of ether oxygens (including phenoxy) is 1. The van der Waals surface area contributed by atoms with Gasteiger partial charge in [0.05, 0.1) is 12.7 Å². The Morgan fingerprint density at radius 1 is 1.39 bits per heavy atom. The molecular weight excluding hydrogens is 251 g/mol. The lowest BCUT2D eigenvalue weighted by Gasteiger charge is -2.14. The summed E-state index contributed by atoms with van der Waals surface area (Å²) in [6, 6.07) is 0. The highest BCUT2D eigenvalue weighted by molar-refractivity contribution is 5.75. The number of aliphatic hydroxyl groups excluding tert-OH is 1. The molecule has 1 amide bonds. The fourth-order valence-electron chi connectivity index (χ4n) is 1.30. The van der Waals surface area contributed by atoms with Crippen LogP contribution in [0.5, 0.6) is 0 Å². The molecule has 1 unspecified atom stereocenters. The van der Waals surface area contributed by atoms with Crippen LogP contribution in [0.1, 0.15) is 26.7 Å². The fraction of sp³-hybridized carbons (Fsp3) is 0.909. The lowest BCUT2D eigenvalue weighted by Crippen LogP contribution is -2.33. The molecule has 1 atom stereocenters. The van der Waals surface area contributed by atoms with Crippen molar-refractivity contribution < 1.29 is 27.8 Å². The number of hydrogen-bond acceptors (Lipinski definition) is 3. The van der Waals surface area contributed by atoms with Gasteiger partial charge >= 0.3 is 6.18 Å². The van der Waals surface area contributed by atoms with E-state index >= 15 is 0 Å². The number of rotatable bonds is 8. The molecule has 0 saturated heterocycles. The van der Waals surface area contributed by atoms with Crippen molar-refractivity contribution in [3.63, 3.8) is 0 Å². The van der Waals surface area contributed by atoms with Crippen LogP contribution in [0.4, 0.5) is 13.2 Å². The Kier molecular flexibility index (Phi) is 7.93. The molecule has 0 aromatic rings. The molecule has 0 fully saturated rings. The highest BCUT2D eigenvalue weighted by Gasteiger charge is 2.27. The van der Waals surface area contributed by atoms with Crippen LogP contribution < -0.4 is 5.32 Å². The van der Waals surface area contributed by atoms with Crippen molar-refractivity contribution >= 4 is 5.91 Å². The van der Waals surface area contributed by atoms with Crippen LogP contribution in [-0.2, 0) is 9.53 Å². The molecule has 0 aliphatic heterocycles. The van der Waals surface area contributed by atoms with Crippen LogP contribution in [0.3, 0.4) is 0 Å². The first-order valence-corrected chi connectivity index (χ1v) is 5.80. The summed E-state index contributed by atoms with van der Waals surface area (Å²) in [5.74, 6) is -0.119. The van der Waals surface area contributed by atoms with Gasteiger partial charge in [-0.15, -0.1) is 0 Å². The number of carbonyl (C=O) groups excluding carboxylic acids is 1. The van der Waals surface area contributed by atoms with Crippen molar-refractivity contribution in [1.29, 1.82) is 0 Å². The van der Waals surface area contributed by atoms with Gasteiger partial charge in [-0.25, -0.2) is 0 Å². The predicted octanol–water partition coefficient (Wildman–Crippen LogP) is 1.48. The number of hydrogen-bond donors (Lipinski definition) is 2. The topological polar surface area (TPSA) is 58.6 Å². The standard InChI is InChI=1S/C11H20F3NO3/c1-8(2)5-9(16)6-15-10(17)3-4-18-7-11(12,13)14/h8-9,16H,3-7H2,1-2H3,(H,15,17). The maximum Gasteiger partial charge on any atom is 0.411 e. The second-order valence-corrected chi connectivity index (χ2v) is 4.51.